The summed E-state index contributed by atoms with van der Waals surface area (Å²) >= 11 is 0. The number of methoxy groups -OCH3 is 2. The first-order chi connectivity index (χ1) is 11.1. The molecule has 0 bridgehead atoms. The van der Waals surface area contributed by atoms with E-state index in [1.807, 2.05) is 55.5 Å². The first-order valence-corrected chi connectivity index (χ1v) is 7.56. The molecule has 0 amide bonds. The van der Waals surface area contributed by atoms with Crippen molar-refractivity contribution in [2.45, 2.75) is 25.2 Å². The Morgan fingerprint density at radius 2 is 1.30 bits per heavy atom. The lowest BCUT2D eigenvalue weighted by atomic mass is 9.70. The zero-order valence-corrected chi connectivity index (χ0v) is 13.7. The van der Waals surface area contributed by atoms with Gasteiger partial charge in [0.25, 0.3) is 0 Å². The molecular formula is C19H22O4. The summed E-state index contributed by atoms with van der Waals surface area (Å²) in [6.07, 6.45) is 0.708. The Kier molecular flexibility index (Phi) is 5.27. The quantitative estimate of drug-likeness (QED) is 0.843. The summed E-state index contributed by atoms with van der Waals surface area (Å²) in [6, 6.07) is 15.2. The standard InChI is InChI=1S/C19H22O4/c1-4-19(13-18(20)21,14-5-9-16(22-2)10-6-14)15-7-11-17(23-3)12-8-15/h5-12H,4,13H2,1-3H3,(H,20,21). The molecule has 0 aromatic heterocycles. The average Bonchev–Trinajstić information content (AvgIpc) is 2.60. The van der Waals surface area contributed by atoms with Gasteiger partial charge in [-0.25, -0.2) is 0 Å². The van der Waals surface area contributed by atoms with E-state index in [1.165, 1.54) is 0 Å². The van der Waals surface area contributed by atoms with Crippen LogP contribution in [0.25, 0.3) is 0 Å². The molecule has 2 aromatic rings. The molecule has 0 aliphatic heterocycles. The maximum Gasteiger partial charge on any atom is 0.304 e. The molecule has 0 radical (unpaired) electrons. The Balaban J connectivity index is 2.54. The Morgan fingerprint density at radius 1 is 0.913 bits per heavy atom. The smallest absolute Gasteiger partial charge is 0.304 e. The molecule has 23 heavy (non-hydrogen) atoms. The van der Waals surface area contributed by atoms with E-state index >= 15 is 0 Å². The first-order valence-electron chi connectivity index (χ1n) is 7.56. The minimum absolute atomic E-state index is 0.0299. The minimum atomic E-state index is -0.821. The highest BCUT2D eigenvalue weighted by atomic mass is 16.5. The molecular weight excluding hydrogens is 292 g/mol. The van der Waals surface area contributed by atoms with Gasteiger partial charge in [0.05, 0.1) is 20.6 Å². The first kappa shape index (κ1) is 16.9. The summed E-state index contributed by atoms with van der Waals surface area (Å²) in [6.45, 7) is 2.01. The molecule has 0 aliphatic rings. The Morgan fingerprint density at radius 3 is 1.57 bits per heavy atom. The van der Waals surface area contributed by atoms with Crippen molar-refractivity contribution in [1.29, 1.82) is 0 Å². The number of hydrogen-bond acceptors (Lipinski definition) is 3. The van der Waals surface area contributed by atoms with Crippen LogP contribution in [0.15, 0.2) is 48.5 Å². The zero-order chi connectivity index (χ0) is 16.9. The van der Waals surface area contributed by atoms with E-state index in [2.05, 4.69) is 0 Å². The number of carboxylic acid groups (broad SMARTS) is 1. The van der Waals surface area contributed by atoms with Gasteiger partial charge in [0.2, 0.25) is 0 Å². The number of aliphatic carboxylic acids is 1. The van der Waals surface area contributed by atoms with Crippen LogP contribution in [0.3, 0.4) is 0 Å². The fraction of sp³-hybridized carbons (Fsp3) is 0.316. The molecule has 2 aromatic carbocycles. The number of carbonyl (C=O) groups is 1. The SMILES string of the molecule is CCC(CC(=O)O)(c1ccc(OC)cc1)c1ccc(OC)cc1. The summed E-state index contributed by atoms with van der Waals surface area (Å²) < 4.78 is 10.4. The molecule has 0 unspecified atom stereocenters. The molecule has 122 valence electrons. The minimum Gasteiger partial charge on any atom is -0.497 e. The van der Waals surface area contributed by atoms with Crippen LogP contribution in [0.1, 0.15) is 30.9 Å². The lowest BCUT2D eigenvalue weighted by Crippen LogP contribution is -2.30. The Hall–Kier alpha value is -2.49. The predicted molar refractivity (Wildman–Crippen MR) is 89.3 cm³/mol. The van der Waals surface area contributed by atoms with E-state index in [9.17, 15) is 9.90 Å². The number of hydrogen-bond donors (Lipinski definition) is 1. The predicted octanol–water partition coefficient (Wildman–Crippen LogP) is 3.87. The lowest BCUT2D eigenvalue weighted by molar-refractivity contribution is -0.138. The van der Waals surface area contributed by atoms with Gasteiger partial charge < -0.3 is 14.6 Å². The van der Waals surface area contributed by atoms with Gasteiger partial charge in [-0.05, 0) is 41.8 Å². The highest BCUT2D eigenvalue weighted by Crippen LogP contribution is 2.40. The molecule has 4 nitrogen and oxygen atoms in total. The molecule has 0 aliphatic carbocycles. The molecule has 0 saturated carbocycles. The number of ether oxygens (including phenoxy) is 2. The Bertz CT molecular complexity index is 597. The van der Waals surface area contributed by atoms with Crippen molar-refractivity contribution in [3.63, 3.8) is 0 Å². The number of benzene rings is 2. The maximum atomic E-state index is 11.5. The summed E-state index contributed by atoms with van der Waals surface area (Å²) in [5, 5.41) is 9.45. The molecule has 0 atom stereocenters. The van der Waals surface area contributed by atoms with Crippen LogP contribution in [-0.4, -0.2) is 25.3 Å². The van der Waals surface area contributed by atoms with Crippen molar-refractivity contribution in [2.24, 2.45) is 0 Å². The van der Waals surface area contributed by atoms with Crippen molar-refractivity contribution >= 4 is 5.97 Å². The monoisotopic (exact) mass is 314 g/mol. The van der Waals surface area contributed by atoms with E-state index < -0.39 is 11.4 Å². The lowest BCUT2D eigenvalue weighted by Gasteiger charge is -2.33. The van der Waals surface area contributed by atoms with Crippen LogP contribution >= 0.6 is 0 Å². The molecule has 0 heterocycles. The largest absolute Gasteiger partial charge is 0.497 e. The van der Waals surface area contributed by atoms with Crippen molar-refractivity contribution < 1.29 is 19.4 Å². The van der Waals surface area contributed by atoms with Gasteiger partial charge in [0.15, 0.2) is 0 Å². The van der Waals surface area contributed by atoms with Crippen molar-refractivity contribution in [3.8, 4) is 11.5 Å². The second kappa shape index (κ2) is 7.18. The van der Waals surface area contributed by atoms with Gasteiger partial charge in [-0.3, -0.25) is 4.79 Å². The highest BCUT2D eigenvalue weighted by molar-refractivity contribution is 5.70. The van der Waals surface area contributed by atoms with E-state index in [1.54, 1.807) is 14.2 Å². The second-order valence-electron chi connectivity index (χ2n) is 5.46. The Labute approximate surface area is 136 Å². The number of carboxylic acids is 1. The van der Waals surface area contributed by atoms with Gasteiger partial charge in [-0.1, -0.05) is 31.2 Å². The summed E-state index contributed by atoms with van der Waals surface area (Å²) in [5.74, 6) is 0.686. The molecule has 1 N–H and O–H groups in total. The zero-order valence-electron chi connectivity index (χ0n) is 13.7. The summed E-state index contributed by atoms with van der Waals surface area (Å²) in [7, 11) is 3.23. The van der Waals surface area contributed by atoms with Crippen LogP contribution in [-0.2, 0) is 10.2 Å². The van der Waals surface area contributed by atoms with Crippen LogP contribution in [0.4, 0.5) is 0 Å². The molecule has 0 fully saturated rings. The van der Waals surface area contributed by atoms with Gasteiger partial charge in [-0.15, -0.1) is 0 Å². The van der Waals surface area contributed by atoms with Crippen molar-refractivity contribution in [3.05, 3.63) is 59.7 Å². The van der Waals surface area contributed by atoms with Gasteiger partial charge in [-0.2, -0.15) is 0 Å². The van der Waals surface area contributed by atoms with E-state index in [0.717, 1.165) is 22.6 Å². The maximum absolute atomic E-state index is 11.5. The van der Waals surface area contributed by atoms with Gasteiger partial charge in [0, 0.05) is 5.41 Å². The number of rotatable bonds is 7. The van der Waals surface area contributed by atoms with Crippen molar-refractivity contribution in [2.75, 3.05) is 14.2 Å². The molecule has 0 spiro atoms. The average molecular weight is 314 g/mol. The summed E-state index contributed by atoms with van der Waals surface area (Å²) in [4.78, 5) is 11.5. The summed E-state index contributed by atoms with van der Waals surface area (Å²) in [5.41, 5.74) is 1.35. The van der Waals surface area contributed by atoms with E-state index in [0.29, 0.717) is 6.42 Å². The normalized spacial score (nSPS) is 11.1. The van der Waals surface area contributed by atoms with E-state index in [4.69, 9.17) is 9.47 Å². The third-order valence-electron chi connectivity index (χ3n) is 4.34. The molecule has 4 heteroatoms. The van der Waals surface area contributed by atoms with Gasteiger partial charge >= 0.3 is 5.97 Å². The highest BCUT2D eigenvalue weighted by Gasteiger charge is 2.35. The van der Waals surface area contributed by atoms with Crippen LogP contribution in [0.5, 0.6) is 11.5 Å². The van der Waals surface area contributed by atoms with Crippen LogP contribution in [0, 0.1) is 0 Å². The third kappa shape index (κ3) is 3.47. The van der Waals surface area contributed by atoms with E-state index in [-0.39, 0.29) is 6.42 Å². The fourth-order valence-corrected chi connectivity index (χ4v) is 2.98. The van der Waals surface area contributed by atoms with Crippen LogP contribution < -0.4 is 9.47 Å². The fourth-order valence-electron chi connectivity index (χ4n) is 2.98. The van der Waals surface area contributed by atoms with Crippen LogP contribution in [0.2, 0.25) is 0 Å². The topological polar surface area (TPSA) is 55.8 Å². The van der Waals surface area contributed by atoms with Crippen molar-refractivity contribution in [1.82, 2.24) is 0 Å². The molecule has 2 rings (SSSR count). The second-order valence-corrected chi connectivity index (χ2v) is 5.46. The van der Waals surface area contributed by atoms with Gasteiger partial charge in [0.1, 0.15) is 11.5 Å². The third-order valence-corrected chi connectivity index (χ3v) is 4.34. The molecule has 0 saturated heterocycles.